The first-order valence-electron chi connectivity index (χ1n) is 10.0. The molecule has 1 aliphatic heterocycles. The molecule has 1 aromatic rings. The van der Waals surface area contributed by atoms with Crippen LogP contribution >= 0.6 is 24.0 Å². The summed E-state index contributed by atoms with van der Waals surface area (Å²) in [5.41, 5.74) is 1.29. The quantitative estimate of drug-likeness (QED) is 0.235. The van der Waals surface area contributed by atoms with Gasteiger partial charge in [0, 0.05) is 39.8 Å². The third-order valence-corrected chi connectivity index (χ3v) is 4.64. The third-order valence-electron chi connectivity index (χ3n) is 4.64. The number of ether oxygens (including phenoxy) is 2. The topological polar surface area (TPSA) is 58.1 Å². The van der Waals surface area contributed by atoms with Gasteiger partial charge in [-0.1, -0.05) is 26.0 Å². The van der Waals surface area contributed by atoms with Crippen LogP contribution in [-0.4, -0.2) is 70.5 Å². The molecule has 1 saturated heterocycles. The van der Waals surface area contributed by atoms with Crippen molar-refractivity contribution in [1.29, 1.82) is 0 Å². The summed E-state index contributed by atoms with van der Waals surface area (Å²) in [7, 11) is 3.51. The van der Waals surface area contributed by atoms with E-state index in [1.54, 1.807) is 7.11 Å². The summed E-state index contributed by atoms with van der Waals surface area (Å²) in [5, 5.41) is 6.79. The van der Waals surface area contributed by atoms with Gasteiger partial charge in [-0.05, 0) is 36.5 Å². The van der Waals surface area contributed by atoms with Crippen LogP contribution in [0.5, 0.6) is 5.75 Å². The second kappa shape index (κ2) is 14.0. The van der Waals surface area contributed by atoms with Crippen molar-refractivity contribution in [3.05, 3.63) is 29.8 Å². The molecule has 28 heavy (non-hydrogen) atoms. The van der Waals surface area contributed by atoms with E-state index in [4.69, 9.17) is 9.47 Å². The van der Waals surface area contributed by atoms with Gasteiger partial charge in [0.15, 0.2) is 5.96 Å². The van der Waals surface area contributed by atoms with Gasteiger partial charge in [0.05, 0.1) is 19.8 Å². The van der Waals surface area contributed by atoms with Gasteiger partial charge < -0.3 is 20.1 Å². The lowest BCUT2D eigenvalue weighted by atomic mass is 10.1. The van der Waals surface area contributed by atoms with Crippen LogP contribution in [0.25, 0.3) is 0 Å². The first-order chi connectivity index (χ1) is 13.1. The summed E-state index contributed by atoms with van der Waals surface area (Å²) < 4.78 is 11.2. The van der Waals surface area contributed by atoms with Gasteiger partial charge in [0.25, 0.3) is 0 Å². The van der Waals surface area contributed by atoms with Gasteiger partial charge in [0.1, 0.15) is 5.75 Å². The zero-order valence-electron chi connectivity index (χ0n) is 17.7. The first-order valence-corrected chi connectivity index (χ1v) is 10.0. The zero-order valence-corrected chi connectivity index (χ0v) is 20.1. The molecule has 0 radical (unpaired) electrons. The Balaban J connectivity index is 0.00000392. The average Bonchev–Trinajstić information content (AvgIpc) is 2.67. The van der Waals surface area contributed by atoms with Gasteiger partial charge in [-0.2, -0.15) is 0 Å². The first kappa shape index (κ1) is 25.0. The van der Waals surface area contributed by atoms with E-state index in [0.717, 1.165) is 63.9 Å². The molecule has 1 unspecified atom stereocenters. The number of hydrogen-bond acceptors (Lipinski definition) is 4. The molecular formula is C21H37IN4O2. The predicted molar refractivity (Wildman–Crippen MR) is 127 cm³/mol. The monoisotopic (exact) mass is 504 g/mol. The Bertz CT molecular complexity index is 583. The minimum absolute atomic E-state index is 0. The van der Waals surface area contributed by atoms with Crippen LogP contribution in [0.3, 0.4) is 0 Å². The molecule has 0 amide bonds. The molecule has 1 aliphatic rings. The normalized spacial score (nSPS) is 17.9. The van der Waals surface area contributed by atoms with Crippen molar-refractivity contribution in [3.63, 3.8) is 0 Å². The fourth-order valence-electron chi connectivity index (χ4n) is 3.34. The van der Waals surface area contributed by atoms with Crippen LogP contribution in [0.2, 0.25) is 0 Å². The van der Waals surface area contributed by atoms with E-state index >= 15 is 0 Å². The van der Waals surface area contributed by atoms with Crippen LogP contribution in [-0.2, 0) is 11.2 Å². The molecule has 0 bridgehead atoms. The van der Waals surface area contributed by atoms with Gasteiger partial charge >= 0.3 is 0 Å². The number of halogens is 1. The number of rotatable bonds is 9. The fraction of sp³-hybridized carbons (Fsp3) is 0.667. The Morgan fingerprint density at radius 3 is 2.89 bits per heavy atom. The maximum Gasteiger partial charge on any atom is 0.191 e. The third kappa shape index (κ3) is 9.43. The summed E-state index contributed by atoms with van der Waals surface area (Å²) in [6, 6.07) is 8.24. The summed E-state index contributed by atoms with van der Waals surface area (Å²) in [5.74, 6) is 2.44. The highest BCUT2D eigenvalue weighted by molar-refractivity contribution is 14.0. The number of aliphatic imine (C=N–C) groups is 1. The van der Waals surface area contributed by atoms with Gasteiger partial charge in [-0.25, -0.2) is 0 Å². The molecule has 1 atom stereocenters. The molecule has 2 rings (SSSR count). The van der Waals surface area contributed by atoms with E-state index in [9.17, 15) is 0 Å². The number of hydrogen-bond donors (Lipinski definition) is 2. The van der Waals surface area contributed by atoms with Crippen molar-refractivity contribution in [2.45, 2.75) is 32.8 Å². The number of methoxy groups -OCH3 is 1. The maximum atomic E-state index is 5.89. The number of nitrogens with one attached hydrogen (secondary N) is 2. The molecule has 0 aromatic heterocycles. The van der Waals surface area contributed by atoms with Crippen LogP contribution < -0.4 is 15.4 Å². The zero-order chi connectivity index (χ0) is 19.5. The summed E-state index contributed by atoms with van der Waals surface area (Å²) >= 11 is 0. The van der Waals surface area contributed by atoms with E-state index in [1.165, 1.54) is 5.56 Å². The van der Waals surface area contributed by atoms with Crippen molar-refractivity contribution in [3.8, 4) is 5.75 Å². The largest absolute Gasteiger partial charge is 0.497 e. The lowest BCUT2D eigenvalue weighted by molar-refractivity contribution is -0.0284. The number of morpholine rings is 1. The van der Waals surface area contributed by atoms with E-state index in [0.29, 0.717) is 5.92 Å². The summed E-state index contributed by atoms with van der Waals surface area (Å²) in [6.07, 6.45) is 2.26. The highest BCUT2D eigenvalue weighted by atomic mass is 127. The Labute approximate surface area is 187 Å². The van der Waals surface area contributed by atoms with Crippen molar-refractivity contribution < 1.29 is 9.47 Å². The highest BCUT2D eigenvalue weighted by Gasteiger charge is 2.20. The minimum atomic E-state index is 0. The lowest BCUT2D eigenvalue weighted by Gasteiger charge is -2.34. The second-order valence-electron chi connectivity index (χ2n) is 7.48. The molecule has 1 fully saturated rings. The SMILES string of the molecule is CN=C(NCCCc1cccc(OC)c1)NCC1CN(CC(C)C)CCO1.I. The molecule has 0 spiro atoms. The standard InChI is InChI=1S/C21H36N4O2.HI/c1-17(2)15-25-11-12-27-20(16-25)14-24-21(22-3)23-10-6-8-18-7-5-9-19(13-18)26-4;/h5,7,9,13,17,20H,6,8,10-12,14-16H2,1-4H3,(H2,22,23,24);1H. The summed E-state index contributed by atoms with van der Waals surface area (Å²) in [6.45, 7) is 10.2. The molecule has 0 saturated carbocycles. The molecule has 7 heteroatoms. The predicted octanol–water partition coefficient (Wildman–Crippen LogP) is 2.77. The average molecular weight is 504 g/mol. The van der Waals surface area contributed by atoms with Gasteiger partial charge in [0.2, 0.25) is 0 Å². The number of benzene rings is 1. The Morgan fingerprint density at radius 2 is 2.18 bits per heavy atom. The summed E-state index contributed by atoms with van der Waals surface area (Å²) in [4.78, 5) is 6.81. The van der Waals surface area contributed by atoms with Crippen LogP contribution in [0, 0.1) is 5.92 Å². The van der Waals surface area contributed by atoms with Gasteiger partial charge in [-0.15, -0.1) is 24.0 Å². The second-order valence-corrected chi connectivity index (χ2v) is 7.48. The Morgan fingerprint density at radius 1 is 1.36 bits per heavy atom. The van der Waals surface area contributed by atoms with Crippen LogP contribution in [0.15, 0.2) is 29.3 Å². The smallest absolute Gasteiger partial charge is 0.191 e. The van der Waals surface area contributed by atoms with Gasteiger partial charge in [-0.3, -0.25) is 9.89 Å². The van der Waals surface area contributed by atoms with Crippen molar-refractivity contribution in [2.75, 3.05) is 53.5 Å². The van der Waals surface area contributed by atoms with Crippen molar-refractivity contribution in [2.24, 2.45) is 10.9 Å². The molecule has 2 N–H and O–H groups in total. The van der Waals surface area contributed by atoms with Crippen LogP contribution in [0.4, 0.5) is 0 Å². The molecular weight excluding hydrogens is 467 g/mol. The Kier molecular flexibility index (Phi) is 12.5. The number of aryl methyl sites for hydroxylation is 1. The maximum absolute atomic E-state index is 5.89. The lowest BCUT2D eigenvalue weighted by Crippen LogP contribution is -2.50. The number of guanidine groups is 1. The van der Waals surface area contributed by atoms with Crippen molar-refractivity contribution >= 4 is 29.9 Å². The fourth-order valence-corrected chi connectivity index (χ4v) is 3.34. The highest BCUT2D eigenvalue weighted by Crippen LogP contribution is 2.13. The van der Waals surface area contributed by atoms with Crippen molar-refractivity contribution in [1.82, 2.24) is 15.5 Å². The molecule has 1 heterocycles. The van der Waals surface area contributed by atoms with E-state index in [1.807, 2.05) is 19.2 Å². The molecule has 0 aliphatic carbocycles. The van der Waals surface area contributed by atoms with E-state index in [2.05, 4.69) is 46.5 Å². The number of nitrogens with zero attached hydrogens (tertiary/aromatic N) is 2. The van der Waals surface area contributed by atoms with E-state index < -0.39 is 0 Å². The van der Waals surface area contributed by atoms with E-state index in [-0.39, 0.29) is 30.1 Å². The minimum Gasteiger partial charge on any atom is -0.497 e. The van der Waals surface area contributed by atoms with Crippen LogP contribution in [0.1, 0.15) is 25.8 Å². The molecule has 1 aromatic carbocycles. The Hall–Kier alpha value is -1.06. The molecule has 160 valence electrons. The molecule has 6 nitrogen and oxygen atoms in total.